The molecule has 0 radical (unpaired) electrons. The lowest BCUT2D eigenvalue weighted by molar-refractivity contribution is -0.0270. The van der Waals surface area contributed by atoms with E-state index in [1.54, 1.807) is 48.5 Å². The maximum Gasteiger partial charge on any atom is 0.475 e. The first-order valence-corrected chi connectivity index (χ1v) is 23.2. The lowest BCUT2D eigenvalue weighted by Gasteiger charge is -2.40. The highest BCUT2D eigenvalue weighted by Gasteiger charge is 2.44. The first kappa shape index (κ1) is 49.0. The summed E-state index contributed by atoms with van der Waals surface area (Å²) in [6.07, 6.45) is -0.406. The van der Waals surface area contributed by atoms with Gasteiger partial charge < -0.3 is 44.2 Å². The molecule has 3 aliphatic rings. The van der Waals surface area contributed by atoms with E-state index in [2.05, 4.69) is 0 Å². The average Bonchev–Trinajstić information content (AvgIpc) is 3.23. The fourth-order valence-electron chi connectivity index (χ4n) is 8.69. The number of aliphatic hydroxyl groups excluding tert-OH is 1. The Kier molecular flexibility index (Phi) is 14.4. The molecule has 4 atom stereocenters. The second-order valence-electron chi connectivity index (χ2n) is 17.7. The summed E-state index contributed by atoms with van der Waals surface area (Å²) in [5, 5.41) is 53.7. The van der Waals surface area contributed by atoms with E-state index in [4.69, 9.17) is 45.6 Å². The number of phosphoric ester groups is 1. The maximum atomic E-state index is 13.3. The highest BCUT2D eigenvalue weighted by Crippen LogP contribution is 2.58. The molecule has 0 saturated carbocycles. The normalized spacial score (nSPS) is 22.0. The lowest BCUT2D eigenvalue weighted by atomic mass is 9.85. The van der Waals surface area contributed by atoms with Crippen LogP contribution in [0.1, 0.15) is 57.1 Å². The molecule has 4 aromatic carbocycles. The highest BCUT2D eigenvalue weighted by molar-refractivity contribution is 7.48. The van der Waals surface area contributed by atoms with Gasteiger partial charge in [0, 0.05) is 76.9 Å². The van der Waals surface area contributed by atoms with Crippen LogP contribution in [0.4, 0.5) is 0 Å². The van der Waals surface area contributed by atoms with E-state index in [0.717, 1.165) is 18.7 Å². The Hall–Kier alpha value is -4.93. The van der Waals surface area contributed by atoms with Crippen LogP contribution in [0.2, 0.25) is 10.0 Å². The molecule has 0 aliphatic carbocycles. The predicted octanol–water partition coefficient (Wildman–Crippen LogP) is 9.45. The molecule has 352 valence electrons. The summed E-state index contributed by atoms with van der Waals surface area (Å²) < 4.78 is 42.6. The molecular weight excluding hydrogens is 914 g/mol. The van der Waals surface area contributed by atoms with Gasteiger partial charge in [0.25, 0.3) is 0 Å². The average molecular weight is 968 g/mol. The van der Waals surface area contributed by atoms with Crippen LogP contribution in [-0.4, -0.2) is 101 Å². The first-order chi connectivity index (χ1) is 30.8. The van der Waals surface area contributed by atoms with Crippen molar-refractivity contribution >= 4 is 53.0 Å². The summed E-state index contributed by atoms with van der Waals surface area (Å²) in [6.45, 7) is 6.45. The number of likely N-dealkylation sites (N-methyl/N-ethyl adjacent to an activating group) is 2. The summed E-state index contributed by atoms with van der Waals surface area (Å²) in [5.74, 6) is -1.80. The van der Waals surface area contributed by atoms with E-state index in [-0.39, 0.29) is 82.3 Å². The Labute approximate surface area is 390 Å². The van der Waals surface area contributed by atoms with Crippen LogP contribution in [0.5, 0.6) is 23.0 Å². The van der Waals surface area contributed by atoms with Crippen LogP contribution in [0.25, 0.3) is 44.6 Å². The largest absolute Gasteiger partial charge is 0.507 e. The number of phenols is 4. The van der Waals surface area contributed by atoms with Gasteiger partial charge in [0.1, 0.15) is 56.5 Å². The van der Waals surface area contributed by atoms with Crippen molar-refractivity contribution in [1.82, 2.24) is 9.80 Å². The number of aromatic hydroxyl groups is 4. The number of benzene rings is 4. The first-order valence-electron chi connectivity index (χ1n) is 21.0. The van der Waals surface area contributed by atoms with Gasteiger partial charge in [-0.05, 0) is 64.3 Å². The van der Waals surface area contributed by atoms with E-state index in [9.17, 15) is 39.7 Å². The van der Waals surface area contributed by atoms with E-state index in [1.807, 2.05) is 37.7 Å². The predicted molar refractivity (Wildman–Crippen MR) is 253 cm³/mol. The Bertz CT molecular complexity index is 2940. The number of phosphoric acid groups is 1. The third-order valence-corrected chi connectivity index (χ3v) is 14.1. The van der Waals surface area contributed by atoms with E-state index < -0.39 is 48.5 Å². The van der Waals surface area contributed by atoms with E-state index in [1.165, 1.54) is 12.1 Å². The number of nitrogens with zero attached hydrogens (tertiary/aromatic N) is 2. The number of β-amino-alcohol motifs (C(OH)–C–C–N with tert-alkyl or cyclic N) is 1. The third kappa shape index (κ3) is 9.87. The molecule has 0 bridgehead atoms. The molecule has 0 spiro atoms. The molecule has 5 N–H and O–H groups in total. The number of likely N-dealkylation sites (tertiary alicyclic amines) is 2. The number of halogens is 2. The quantitative estimate of drug-likeness (QED) is 0.0984. The lowest BCUT2D eigenvalue weighted by Crippen LogP contribution is -2.42. The Balaban J connectivity index is 0.000000201. The minimum absolute atomic E-state index is 0. The van der Waals surface area contributed by atoms with E-state index >= 15 is 0 Å². The molecular formula is C48H53Cl2N2O13P. The fourth-order valence-corrected chi connectivity index (χ4v) is 10.9. The molecule has 6 aromatic rings. The molecule has 0 unspecified atom stereocenters. The molecule has 2 aromatic heterocycles. The zero-order valence-electron chi connectivity index (χ0n) is 36.0. The molecule has 3 fully saturated rings. The van der Waals surface area contributed by atoms with Crippen LogP contribution < -0.4 is 10.9 Å². The molecule has 18 heteroatoms. The van der Waals surface area contributed by atoms with Gasteiger partial charge in [0.2, 0.25) is 0 Å². The van der Waals surface area contributed by atoms with Crippen molar-refractivity contribution in [1.29, 1.82) is 0 Å². The van der Waals surface area contributed by atoms with Crippen LogP contribution in [0, 0.1) is 5.41 Å². The van der Waals surface area contributed by atoms with Gasteiger partial charge >= 0.3 is 7.82 Å². The molecule has 66 heavy (non-hydrogen) atoms. The van der Waals surface area contributed by atoms with Crippen molar-refractivity contribution in [3.05, 3.63) is 114 Å². The van der Waals surface area contributed by atoms with Crippen molar-refractivity contribution in [3.8, 4) is 45.6 Å². The van der Waals surface area contributed by atoms with Gasteiger partial charge in [-0.1, -0.05) is 68.7 Å². The Morgan fingerprint density at radius 1 is 0.682 bits per heavy atom. The minimum atomic E-state index is -3.87. The Morgan fingerprint density at radius 3 is 1.59 bits per heavy atom. The number of rotatable bonds is 6. The monoisotopic (exact) mass is 966 g/mol. The molecule has 9 rings (SSSR count). The molecule has 0 amide bonds. The van der Waals surface area contributed by atoms with Gasteiger partial charge in [-0.25, -0.2) is 4.57 Å². The number of hydrogen-bond donors (Lipinski definition) is 5. The standard InChI is InChI=1S/C26H29ClNO8P.C21H20ClNO5.CH4/c1-26(2)13-33-37(32,34-14-26)36-22-12-28(3)9-8-16(22)23-18(29)10-19(30)24-20(31)11-21(35-25(23)24)15-6-4-5-7-17(15)27;1-23-7-6-12(17(27)10-23)19-14(24)8-15(25)20-16(26)9-18(28-21(19)20)11-4-2-3-5-13(11)22;/h4-7,10-11,16,22,29-30H,8-9,12-14H2,1-3H3;2-5,8-9,12,17,24-25,27H,6-7,10H2,1H3;1H4/t16-,22+;12-,17+;/m00./s1. The van der Waals surface area contributed by atoms with Crippen molar-refractivity contribution in [2.24, 2.45) is 5.41 Å². The summed E-state index contributed by atoms with van der Waals surface area (Å²) in [5.41, 5.74) is 0.489. The van der Waals surface area contributed by atoms with Crippen LogP contribution in [-0.2, 0) is 18.1 Å². The third-order valence-electron chi connectivity index (χ3n) is 12.1. The van der Waals surface area contributed by atoms with Gasteiger partial charge in [0.05, 0.1) is 35.5 Å². The second-order valence-corrected chi connectivity index (χ2v) is 20.1. The van der Waals surface area contributed by atoms with Crippen LogP contribution in [0.15, 0.2) is 91.2 Å². The van der Waals surface area contributed by atoms with Crippen molar-refractivity contribution in [3.63, 3.8) is 0 Å². The molecule has 3 saturated heterocycles. The summed E-state index contributed by atoms with van der Waals surface area (Å²) in [7, 11) is -0.0641. The van der Waals surface area contributed by atoms with Gasteiger partial charge in [-0.2, -0.15) is 0 Å². The number of piperidine rings is 2. The highest BCUT2D eigenvalue weighted by atomic mass is 35.5. The summed E-state index contributed by atoms with van der Waals surface area (Å²) in [6, 6.07) is 18.6. The van der Waals surface area contributed by atoms with E-state index in [0.29, 0.717) is 59.2 Å². The van der Waals surface area contributed by atoms with Crippen molar-refractivity contribution < 1.29 is 52.5 Å². The molecule has 3 aliphatic heterocycles. The Morgan fingerprint density at radius 2 is 1.12 bits per heavy atom. The van der Waals surface area contributed by atoms with Crippen molar-refractivity contribution in [2.45, 2.75) is 58.2 Å². The van der Waals surface area contributed by atoms with Gasteiger partial charge in [-0.15, -0.1) is 0 Å². The number of fused-ring (bicyclic) bond motifs is 2. The zero-order chi connectivity index (χ0) is 46.5. The number of phenolic OH excluding ortho intramolecular Hbond substituents is 4. The molecule has 5 heterocycles. The van der Waals surface area contributed by atoms with Gasteiger partial charge in [-0.3, -0.25) is 23.2 Å². The summed E-state index contributed by atoms with van der Waals surface area (Å²) >= 11 is 12.6. The van der Waals surface area contributed by atoms with Crippen LogP contribution in [0.3, 0.4) is 0 Å². The maximum absolute atomic E-state index is 13.3. The number of aliphatic hydroxyl groups is 1. The topological polar surface area (TPSA) is 213 Å². The van der Waals surface area contributed by atoms with Crippen molar-refractivity contribution in [2.75, 3.05) is 53.5 Å². The summed E-state index contributed by atoms with van der Waals surface area (Å²) in [4.78, 5) is 29.9. The minimum Gasteiger partial charge on any atom is -0.507 e. The fraction of sp³-hybridized carbons (Fsp3) is 0.375. The SMILES string of the molecule is C.CN1CC[C@H](c2c(O)cc(O)c3c(=O)cc(-c4ccccc4Cl)oc23)[C@H](O)C1.CN1CC[C@H](c2c(O)cc(O)c3c(=O)cc(-c4ccccc4Cl)oc23)[C@H](OP2(=O)OCC(C)(C)CO2)C1. The van der Waals surface area contributed by atoms with Crippen LogP contribution >= 0.6 is 31.0 Å². The molecule has 15 nitrogen and oxygen atoms in total. The smallest absolute Gasteiger partial charge is 0.475 e. The number of hydrogen-bond acceptors (Lipinski definition) is 15. The zero-order valence-corrected chi connectivity index (χ0v) is 38.4. The second kappa shape index (κ2) is 19.4. The van der Waals surface area contributed by atoms with Gasteiger partial charge in [0.15, 0.2) is 10.9 Å².